The Morgan fingerprint density at radius 2 is 2.05 bits per heavy atom. The molecule has 2 aromatic rings. The second-order valence-electron chi connectivity index (χ2n) is 5.16. The van der Waals surface area contributed by atoms with Gasteiger partial charge < -0.3 is 5.32 Å². The lowest BCUT2D eigenvalue weighted by Crippen LogP contribution is -2.21. The SMILES string of the molecule is CCNC(CC)c1nnn(-c2cc(C)ccc2Br)c1CC. The Kier molecular flexibility index (Phi) is 5.53. The number of rotatable bonds is 6. The molecule has 0 bridgehead atoms. The molecule has 1 unspecified atom stereocenters. The quantitative estimate of drug-likeness (QED) is 0.857. The Morgan fingerprint density at radius 1 is 1.29 bits per heavy atom. The first-order valence-electron chi connectivity index (χ1n) is 7.56. The minimum atomic E-state index is 0.266. The maximum atomic E-state index is 4.45. The number of hydrogen-bond acceptors (Lipinski definition) is 3. The first kappa shape index (κ1) is 16.2. The standard InChI is InChI=1S/C16H23BrN4/c1-5-13(18-7-3)16-14(6-2)21(20-19-16)15-10-11(4)8-9-12(15)17/h8-10,13,18H,5-7H2,1-4H3. The van der Waals surface area contributed by atoms with Crippen LogP contribution in [0.2, 0.25) is 0 Å². The fraction of sp³-hybridized carbons (Fsp3) is 0.500. The third kappa shape index (κ3) is 3.35. The van der Waals surface area contributed by atoms with E-state index in [2.05, 4.69) is 77.5 Å². The van der Waals surface area contributed by atoms with E-state index in [0.29, 0.717) is 0 Å². The van der Waals surface area contributed by atoms with E-state index < -0.39 is 0 Å². The van der Waals surface area contributed by atoms with Crippen LogP contribution in [0.15, 0.2) is 22.7 Å². The number of aryl methyl sites for hydroxylation is 1. The van der Waals surface area contributed by atoms with Crippen LogP contribution in [0.1, 0.15) is 50.2 Å². The van der Waals surface area contributed by atoms with Gasteiger partial charge in [-0.3, -0.25) is 0 Å². The summed E-state index contributed by atoms with van der Waals surface area (Å²) in [5.74, 6) is 0. The zero-order valence-corrected chi connectivity index (χ0v) is 14.7. The normalized spacial score (nSPS) is 12.6. The van der Waals surface area contributed by atoms with Gasteiger partial charge in [0.05, 0.1) is 17.4 Å². The van der Waals surface area contributed by atoms with Gasteiger partial charge in [0.15, 0.2) is 0 Å². The van der Waals surface area contributed by atoms with Crippen molar-refractivity contribution in [2.75, 3.05) is 6.54 Å². The molecule has 21 heavy (non-hydrogen) atoms. The summed E-state index contributed by atoms with van der Waals surface area (Å²) >= 11 is 3.62. The lowest BCUT2D eigenvalue weighted by molar-refractivity contribution is 0.520. The number of halogens is 1. The van der Waals surface area contributed by atoms with Crippen LogP contribution in [0.3, 0.4) is 0 Å². The number of nitrogens with zero attached hydrogens (tertiary/aromatic N) is 3. The zero-order valence-electron chi connectivity index (χ0n) is 13.2. The summed E-state index contributed by atoms with van der Waals surface area (Å²) in [4.78, 5) is 0. The van der Waals surface area contributed by atoms with E-state index in [1.54, 1.807) is 0 Å². The average Bonchev–Trinajstić information content (AvgIpc) is 2.90. The van der Waals surface area contributed by atoms with Crippen molar-refractivity contribution < 1.29 is 0 Å². The van der Waals surface area contributed by atoms with Crippen LogP contribution in [0, 0.1) is 6.92 Å². The minimum Gasteiger partial charge on any atom is -0.309 e. The van der Waals surface area contributed by atoms with E-state index in [0.717, 1.165) is 35.2 Å². The van der Waals surface area contributed by atoms with Crippen molar-refractivity contribution >= 4 is 15.9 Å². The summed E-state index contributed by atoms with van der Waals surface area (Å²) in [6, 6.07) is 6.55. The summed E-state index contributed by atoms with van der Waals surface area (Å²) in [5, 5.41) is 12.3. The Morgan fingerprint density at radius 3 is 2.67 bits per heavy atom. The molecule has 1 aromatic carbocycles. The smallest absolute Gasteiger partial charge is 0.103 e. The third-order valence-corrected chi connectivity index (χ3v) is 4.32. The molecule has 0 spiro atoms. The Balaban J connectivity index is 2.51. The molecular weight excluding hydrogens is 328 g/mol. The summed E-state index contributed by atoms with van der Waals surface area (Å²) in [7, 11) is 0. The van der Waals surface area contributed by atoms with Gasteiger partial charge in [-0.25, -0.2) is 4.68 Å². The van der Waals surface area contributed by atoms with Crippen molar-refractivity contribution in [2.24, 2.45) is 0 Å². The lowest BCUT2D eigenvalue weighted by atomic mass is 10.1. The van der Waals surface area contributed by atoms with Crippen molar-refractivity contribution in [1.82, 2.24) is 20.3 Å². The predicted octanol–water partition coefficient (Wildman–Crippen LogP) is 3.96. The highest BCUT2D eigenvalue weighted by Gasteiger charge is 2.20. The summed E-state index contributed by atoms with van der Waals surface area (Å²) in [6.07, 6.45) is 1.92. The highest BCUT2D eigenvalue weighted by atomic mass is 79.9. The van der Waals surface area contributed by atoms with E-state index >= 15 is 0 Å². The molecular formula is C16H23BrN4. The van der Waals surface area contributed by atoms with Gasteiger partial charge in [-0.05, 0) is 59.9 Å². The lowest BCUT2D eigenvalue weighted by Gasteiger charge is -2.15. The summed E-state index contributed by atoms with van der Waals surface area (Å²) in [6.45, 7) is 9.47. The van der Waals surface area contributed by atoms with Gasteiger partial charge in [-0.15, -0.1) is 5.10 Å². The predicted molar refractivity (Wildman–Crippen MR) is 89.9 cm³/mol. The van der Waals surface area contributed by atoms with Crippen LogP contribution in [0.25, 0.3) is 5.69 Å². The fourth-order valence-corrected chi connectivity index (χ4v) is 2.99. The average molecular weight is 351 g/mol. The molecule has 114 valence electrons. The van der Waals surface area contributed by atoms with E-state index in [1.165, 1.54) is 11.3 Å². The zero-order chi connectivity index (χ0) is 15.4. The Bertz CT molecular complexity index is 606. The van der Waals surface area contributed by atoms with Crippen LogP contribution in [0.4, 0.5) is 0 Å². The molecule has 1 heterocycles. The molecule has 0 radical (unpaired) electrons. The fourth-order valence-electron chi connectivity index (χ4n) is 2.57. The topological polar surface area (TPSA) is 42.7 Å². The van der Waals surface area contributed by atoms with Crippen molar-refractivity contribution in [1.29, 1.82) is 0 Å². The molecule has 2 rings (SSSR count). The van der Waals surface area contributed by atoms with Crippen molar-refractivity contribution in [3.8, 4) is 5.69 Å². The number of benzene rings is 1. The molecule has 0 fully saturated rings. The van der Waals surface area contributed by atoms with E-state index in [-0.39, 0.29) is 6.04 Å². The Hall–Kier alpha value is -1.20. The summed E-state index contributed by atoms with van der Waals surface area (Å²) in [5.41, 5.74) is 4.51. The van der Waals surface area contributed by atoms with E-state index in [4.69, 9.17) is 0 Å². The molecule has 0 amide bonds. The van der Waals surface area contributed by atoms with Gasteiger partial charge in [0.25, 0.3) is 0 Å². The van der Waals surface area contributed by atoms with Gasteiger partial charge in [0.1, 0.15) is 5.69 Å². The first-order chi connectivity index (χ1) is 10.1. The van der Waals surface area contributed by atoms with Gasteiger partial charge >= 0.3 is 0 Å². The maximum absolute atomic E-state index is 4.45. The van der Waals surface area contributed by atoms with Crippen LogP contribution < -0.4 is 5.32 Å². The monoisotopic (exact) mass is 350 g/mol. The number of hydrogen-bond donors (Lipinski definition) is 1. The van der Waals surface area contributed by atoms with E-state index in [9.17, 15) is 0 Å². The highest BCUT2D eigenvalue weighted by molar-refractivity contribution is 9.10. The molecule has 0 aliphatic heterocycles. The van der Waals surface area contributed by atoms with Crippen LogP contribution in [0.5, 0.6) is 0 Å². The van der Waals surface area contributed by atoms with Crippen molar-refractivity contribution in [3.05, 3.63) is 39.6 Å². The minimum absolute atomic E-state index is 0.266. The molecule has 4 nitrogen and oxygen atoms in total. The third-order valence-electron chi connectivity index (χ3n) is 3.65. The van der Waals surface area contributed by atoms with Crippen molar-refractivity contribution in [2.45, 2.75) is 46.6 Å². The van der Waals surface area contributed by atoms with Crippen LogP contribution in [-0.2, 0) is 6.42 Å². The second kappa shape index (κ2) is 7.18. The summed E-state index contributed by atoms with van der Waals surface area (Å²) < 4.78 is 3.00. The largest absolute Gasteiger partial charge is 0.309 e. The van der Waals surface area contributed by atoms with Gasteiger partial charge in [-0.1, -0.05) is 32.1 Å². The first-order valence-corrected chi connectivity index (χ1v) is 8.35. The van der Waals surface area contributed by atoms with Gasteiger partial charge in [0.2, 0.25) is 0 Å². The van der Waals surface area contributed by atoms with Gasteiger partial charge in [-0.2, -0.15) is 0 Å². The highest BCUT2D eigenvalue weighted by Crippen LogP contribution is 2.26. The molecule has 0 saturated carbocycles. The van der Waals surface area contributed by atoms with E-state index in [1.807, 2.05) is 4.68 Å². The number of nitrogens with one attached hydrogen (secondary N) is 1. The molecule has 5 heteroatoms. The van der Waals surface area contributed by atoms with Crippen LogP contribution in [-0.4, -0.2) is 21.5 Å². The molecule has 0 aliphatic rings. The second-order valence-corrected chi connectivity index (χ2v) is 6.01. The maximum Gasteiger partial charge on any atom is 0.103 e. The number of aromatic nitrogens is 3. The molecule has 1 aromatic heterocycles. The van der Waals surface area contributed by atoms with Crippen LogP contribution >= 0.6 is 15.9 Å². The Labute approximate surface area is 135 Å². The molecule has 1 N–H and O–H groups in total. The molecule has 1 atom stereocenters. The molecule has 0 saturated heterocycles. The van der Waals surface area contributed by atoms with Crippen molar-refractivity contribution in [3.63, 3.8) is 0 Å². The van der Waals surface area contributed by atoms with Gasteiger partial charge in [0, 0.05) is 4.47 Å². The molecule has 0 aliphatic carbocycles.